The molecule has 0 aliphatic carbocycles. The summed E-state index contributed by atoms with van der Waals surface area (Å²) in [6.45, 7) is 4.20. The Morgan fingerprint density at radius 2 is 1.85 bits per heavy atom. The van der Waals surface area contributed by atoms with Crippen LogP contribution in [0.4, 0.5) is 11.4 Å². The maximum absolute atomic E-state index is 12.5. The van der Waals surface area contributed by atoms with Gasteiger partial charge >= 0.3 is 5.69 Å². The standard InChI is InChI=1S/C18H18ClN3O4/c1-4-25-14-10-13(17(26-5-2)16(22-20)15(14)19)21-18(23)11-6-8-12(24-3)9-7-11/h6-10H,4-5H2,1-3H3/p+1. The highest BCUT2D eigenvalue weighted by atomic mass is 35.5. The van der Waals surface area contributed by atoms with E-state index >= 15 is 0 Å². The SMILES string of the molecule is CCOc1cc(NC(=O)c2ccc(OC)cc2)c(OCC)c([N+]#N)c1Cl. The van der Waals surface area contributed by atoms with Crippen LogP contribution in [-0.4, -0.2) is 26.2 Å². The van der Waals surface area contributed by atoms with Crippen LogP contribution < -0.4 is 19.5 Å². The molecule has 26 heavy (non-hydrogen) atoms. The van der Waals surface area contributed by atoms with E-state index in [1.54, 1.807) is 45.2 Å². The first-order valence-electron chi connectivity index (χ1n) is 7.98. The van der Waals surface area contributed by atoms with Crippen molar-refractivity contribution in [1.29, 1.82) is 5.39 Å². The quantitative estimate of drug-likeness (QED) is 0.696. The van der Waals surface area contributed by atoms with Gasteiger partial charge in [0.2, 0.25) is 11.1 Å². The van der Waals surface area contributed by atoms with Gasteiger partial charge in [-0.15, -0.1) is 0 Å². The van der Waals surface area contributed by atoms with Crippen molar-refractivity contribution in [2.24, 2.45) is 0 Å². The molecule has 0 aliphatic rings. The number of hydrogen-bond acceptors (Lipinski definition) is 5. The van der Waals surface area contributed by atoms with Crippen LogP contribution in [0.5, 0.6) is 17.2 Å². The number of ether oxygens (including phenoxy) is 3. The number of nitrogens with zero attached hydrogens (tertiary/aromatic N) is 2. The Bertz CT molecular complexity index is 832. The van der Waals surface area contributed by atoms with Crippen LogP contribution in [0, 0.1) is 5.39 Å². The van der Waals surface area contributed by atoms with Crippen molar-refractivity contribution in [3.8, 4) is 17.2 Å². The lowest BCUT2D eigenvalue weighted by Gasteiger charge is -2.13. The minimum Gasteiger partial charge on any atom is -0.497 e. The number of carbonyl (C=O) groups excluding carboxylic acids is 1. The van der Waals surface area contributed by atoms with Crippen molar-refractivity contribution in [2.45, 2.75) is 13.8 Å². The van der Waals surface area contributed by atoms with Crippen LogP contribution in [0.2, 0.25) is 5.02 Å². The second-order valence-electron chi connectivity index (χ2n) is 5.06. The number of rotatable bonds is 7. The number of nitrogens with one attached hydrogen (secondary N) is 1. The molecule has 0 aliphatic heterocycles. The minimum atomic E-state index is -0.373. The minimum absolute atomic E-state index is 0.00972. The summed E-state index contributed by atoms with van der Waals surface area (Å²) < 4.78 is 16.0. The summed E-state index contributed by atoms with van der Waals surface area (Å²) in [5.41, 5.74) is 0.696. The van der Waals surface area contributed by atoms with Crippen LogP contribution in [0.15, 0.2) is 30.3 Å². The van der Waals surface area contributed by atoms with E-state index in [1.807, 2.05) is 0 Å². The van der Waals surface area contributed by atoms with Gasteiger partial charge in [0.05, 0.1) is 26.0 Å². The number of amides is 1. The van der Waals surface area contributed by atoms with E-state index in [4.69, 9.17) is 25.8 Å². The van der Waals surface area contributed by atoms with Gasteiger partial charge in [0.1, 0.15) is 11.5 Å². The molecule has 7 nitrogen and oxygen atoms in total. The maximum atomic E-state index is 12.5. The van der Waals surface area contributed by atoms with Gasteiger partial charge in [0, 0.05) is 11.6 Å². The number of diazo groups is 1. The fourth-order valence-electron chi connectivity index (χ4n) is 2.27. The van der Waals surface area contributed by atoms with Crippen molar-refractivity contribution >= 4 is 28.9 Å². The number of hydrogen-bond donors (Lipinski definition) is 1. The molecule has 0 spiro atoms. The Morgan fingerprint density at radius 3 is 2.38 bits per heavy atom. The van der Waals surface area contributed by atoms with Crippen LogP contribution in [0.3, 0.4) is 0 Å². The van der Waals surface area contributed by atoms with E-state index in [9.17, 15) is 10.2 Å². The molecule has 1 N–H and O–H groups in total. The lowest BCUT2D eigenvalue weighted by Crippen LogP contribution is -2.13. The molecule has 0 radical (unpaired) electrons. The molecule has 0 fully saturated rings. The molecule has 0 saturated heterocycles. The predicted molar refractivity (Wildman–Crippen MR) is 99.5 cm³/mol. The van der Waals surface area contributed by atoms with Crippen LogP contribution in [0.25, 0.3) is 4.98 Å². The van der Waals surface area contributed by atoms with Gasteiger partial charge in [-0.1, -0.05) is 11.6 Å². The zero-order chi connectivity index (χ0) is 19.1. The van der Waals surface area contributed by atoms with Crippen LogP contribution in [0.1, 0.15) is 24.2 Å². The third-order valence-corrected chi connectivity index (χ3v) is 3.81. The first-order chi connectivity index (χ1) is 12.5. The van der Waals surface area contributed by atoms with E-state index in [2.05, 4.69) is 10.3 Å². The van der Waals surface area contributed by atoms with E-state index in [1.165, 1.54) is 6.07 Å². The van der Waals surface area contributed by atoms with E-state index in [0.717, 1.165) is 0 Å². The van der Waals surface area contributed by atoms with Crippen molar-refractivity contribution in [2.75, 3.05) is 25.6 Å². The van der Waals surface area contributed by atoms with Gasteiger partial charge in [0.25, 0.3) is 5.91 Å². The van der Waals surface area contributed by atoms with Crippen molar-refractivity contribution < 1.29 is 19.0 Å². The van der Waals surface area contributed by atoms with Gasteiger partial charge < -0.3 is 19.5 Å². The third-order valence-electron chi connectivity index (χ3n) is 3.45. The lowest BCUT2D eigenvalue weighted by molar-refractivity contribution is 0.102. The number of carbonyl (C=O) groups is 1. The van der Waals surface area contributed by atoms with Crippen LogP contribution >= 0.6 is 11.6 Å². The highest BCUT2D eigenvalue weighted by molar-refractivity contribution is 6.35. The Labute approximate surface area is 156 Å². The summed E-state index contributed by atoms with van der Waals surface area (Å²) in [7, 11) is 1.55. The Kier molecular flexibility index (Phi) is 6.64. The highest BCUT2D eigenvalue weighted by Gasteiger charge is 2.30. The molecule has 0 unspecified atom stereocenters. The summed E-state index contributed by atoms with van der Waals surface area (Å²) >= 11 is 6.20. The summed E-state index contributed by atoms with van der Waals surface area (Å²) in [5.74, 6) is 0.700. The summed E-state index contributed by atoms with van der Waals surface area (Å²) in [6, 6.07) is 8.16. The van der Waals surface area contributed by atoms with Crippen LogP contribution in [-0.2, 0) is 0 Å². The number of benzene rings is 2. The predicted octanol–water partition coefficient (Wildman–Crippen LogP) is 4.88. The average Bonchev–Trinajstić information content (AvgIpc) is 2.66. The van der Waals surface area contributed by atoms with E-state index in [0.29, 0.717) is 17.9 Å². The summed E-state index contributed by atoms with van der Waals surface area (Å²) in [4.78, 5) is 15.7. The molecule has 2 aromatic rings. The molecular weight excluding hydrogens is 358 g/mol. The second kappa shape index (κ2) is 8.92. The molecule has 2 aromatic carbocycles. The third kappa shape index (κ3) is 4.16. The molecule has 2 rings (SSSR count). The summed E-state index contributed by atoms with van der Waals surface area (Å²) in [6.07, 6.45) is 0. The van der Waals surface area contributed by atoms with Crippen molar-refractivity contribution in [3.63, 3.8) is 0 Å². The van der Waals surface area contributed by atoms with Crippen molar-refractivity contribution in [3.05, 3.63) is 45.9 Å². The largest absolute Gasteiger partial charge is 0.497 e. The Morgan fingerprint density at radius 1 is 1.19 bits per heavy atom. The first kappa shape index (κ1) is 19.3. The molecule has 0 heterocycles. The molecule has 1 amide bonds. The average molecular weight is 377 g/mol. The van der Waals surface area contributed by atoms with Gasteiger partial charge in [-0.25, -0.2) is 0 Å². The first-order valence-corrected chi connectivity index (χ1v) is 8.36. The van der Waals surface area contributed by atoms with E-state index in [-0.39, 0.29) is 40.4 Å². The second-order valence-corrected chi connectivity index (χ2v) is 5.44. The fourth-order valence-corrected chi connectivity index (χ4v) is 2.51. The van der Waals surface area contributed by atoms with Gasteiger partial charge in [-0.3, -0.25) is 4.79 Å². The van der Waals surface area contributed by atoms with Gasteiger partial charge in [0.15, 0.2) is 10.00 Å². The Balaban J connectivity index is 2.43. The molecule has 0 bridgehead atoms. The van der Waals surface area contributed by atoms with Gasteiger partial charge in [-0.2, -0.15) is 0 Å². The normalized spacial score (nSPS) is 9.96. The molecule has 0 saturated carbocycles. The Hall–Kier alpha value is -2.98. The van der Waals surface area contributed by atoms with Crippen molar-refractivity contribution in [1.82, 2.24) is 0 Å². The highest BCUT2D eigenvalue weighted by Crippen LogP contribution is 2.47. The molecule has 0 atom stereocenters. The number of halogens is 1. The molecule has 0 aromatic heterocycles. The van der Waals surface area contributed by atoms with Gasteiger partial charge in [-0.05, 0) is 38.1 Å². The number of anilines is 1. The maximum Gasteiger partial charge on any atom is 0.450 e. The van der Waals surface area contributed by atoms with E-state index < -0.39 is 0 Å². The monoisotopic (exact) mass is 376 g/mol. The lowest BCUT2D eigenvalue weighted by atomic mass is 10.2. The molecular formula is C18H19ClN3O4+. The zero-order valence-electron chi connectivity index (χ0n) is 14.7. The fraction of sp³-hybridized carbons (Fsp3) is 0.278. The zero-order valence-corrected chi connectivity index (χ0v) is 15.5. The molecule has 8 heteroatoms. The topological polar surface area (TPSA) is 84.9 Å². The molecule has 136 valence electrons. The summed E-state index contributed by atoms with van der Waals surface area (Å²) in [5, 5.41) is 12.2. The smallest absolute Gasteiger partial charge is 0.450 e. The number of methoxy groups -OCH3 is 1.